The van der Waals surface area contributed by atoms with Crippen LogP contribution < -0.4 is 5.32 Å². The van der Waals surface area contributed by atoms with Crippen molar-refractivity contribution in [3.63, 3.8) is 0 Å². The predicted octanol–water partition coefficient (Wildman–Crippen LogP) is 6.74. The summed E-state index contributed by atoms with van der Waals surface area (Å²) < 4.78 is 15.1. The number of likely N-dealkylation sites (tertiary alicyclic amines) is 1. The molecule has 2 atom stereocenters. The third-order valence-electron chi connectivity index (χ3n) is 8.17. The van der Waals surface area contributed by atoms with Crippen molar-refractivity contribution in [1.82, 2.24) is 15.0 Å². The molecule has 12 heteroatoms. The Kier molecular flexibility index (Phi) is 11.5. The summed E-state index contributed by atoms with van der Waals surface area (Å²) >= 11 is 7.99. The molecule has 2 heterocycles. The van der Waals surface area contributed by atoms with Gasteiger partial charge in [-0.3, -0.25) is 4.90 Å². The average molecular weight is 674 g/mol. The Labute approximate surface area is 283 Å². The lowest BCUT2D eigenvalue weighted by Crippen LogP contribution is -2.22. The molecule has 0 amide bonds. The third-order valence-corrected chi connectivity index (χ3v) is 9.82. The maximum Gasteiger partial charge on any atom is 0.339 e. The summed E-state index contributed by atoms with van der Waals surface area (Å²) in [7, 11) is 2.64. The molecule has 1 fully saturated rings. The molecule has 244 valence electrons. The molecule has 0 bridgehead atoms. The van der Waals surface area contributed by atoms with E-state index in [1.807, 2.05) is 17.8 Å². The van der Waals surface area contributed by atoms with E-state index in [4.69, 9.17) is 25.6 Å². The molecular formula is C35H36ClN5O5S. The van der Waals surface area contributed by atoms with Gasteiger partial charge in [-0.1, -0.05) is 54.0 Å². The molecule has 0 spiro atoms. The molecule has 1 saturated heterocycles. The highest BCUT2D eigenvalue weighted by Gasteiger charge is 2.25. The molecular weight excluding hydrogens is 638 g/mol. The Morgan fingerprint density at radius 3 is 2.70 bits per heavy atom. The van der Waals surface area contributed by atoms with Gasteiger partial charge in [0, 0.05) is 35.8 Å². The minimum Gasteiger partial charge on any atom is -0.465 e. The van der Waals surface area contributed by atoms with Crippen molar-refractivity contribution in [1.29, 1.82) is 5.26 Å². The van der Waals surface area contributed by atoms with Crippen molar-refractivity contribution in [2.75, 3.05) is 38.4 Å². The minimum atomic E-state index is -0.508. The molecule has 0 aliphatic carbocycles. The summed E-state index contributed by atoms with van der Waals surface area (Å²) in [5.74, 6) is 1.72. The van der Waals surface area contributed by atoms with Gasteiger partial charge in [-0.05, 0) is 66.3 Å². The van der Waals surface area contributed by atoms with E-state index in [1.165, 1.54) is 24.7 Å². The number of thioether (sulfide) groups is 1. The fourth-order valence-corrected chi connectivity index (χ4v) is 7.20. The summed E-state index contributed by atoms with van der Waals surface area (Å²) in [4.78, 5) is 32.3. The Bertz CT molecular complexity index is 1770. The van der Waals surface area contributed by atoms with E-state index in [0.29, 0.717) is 59.0 Å². The van der Waals surface area contributed by atoms with Crippen LogP contribution in [0, 0.1) is 17.2 Å². The molecule has 47 heavy (non-hydrogen) atoms. The Hall–Kier alpha value is -4.37. The standard InChI is InChI=1S/C35H36ClN5O5S/c1-22(15-32-39-33(46-40-32)18-38-25-11-12-30(36)28(16-25)35(43)45-3)26-8-4-5-10-31(26)47-21-23-13-14-41(19-23)20-24-7-6-9-27(29(24)17-37)34(42)44-2/h4-12,16,22-23,38H,13-15,18-21H2,1-3H3. The molecule has 0 radical (unpaired) electrons. The molecule has 4 aromatic rings. The summed E-state index contributed by atoms with van der Waals surface area (Å²) in [6.07, 6.45) is 1.70. The van der Waals surface area contributed by atoms with Crippen LogP contribution in [0.3, 0.4) is 0 Å². The number of nitrogens with one attached hydrogen (secondary N) is 1. The number of hydrogen-bond acceptors (Lipinski definition) is 11. The zero-order valence-electron chi connectivity index (χ0n) is 26.5. The van der Waals surface area contributed by atoms with E-state index in [0.717, 1.165) is 30.8 Å². The number of hydrogen-bond donors (Lipinski definition) is 1. The van der Waals surface area contributed by atoms with Gasteiger partial charge >= 0.3 is 11.9 Å². The minimum absolute atomic E-state index is 0.169. The van der Waals surface area contributed by atoms with Crippen molar-refractivity contribution >= 4 is 41.0 Å². The van der Waals surface area contributed by atoms with Gasteiger partial charge in [0.15, 0.2) is 5.82 Å². The SMILES string of the molecule is COC(=O)c1cc(NCc2nc(CC(C)c3ccccc3SCC3CCN(Cc4cccc(C(=O)OC)c4C#N)C3)no2)ccc1Cl. The fourth-order valence-electron chi connectivity index (χ4n) is 5.71. The van der Waals surface area contributed by atoms with Crippen LogP contribution in [-0.4, -0.2) is 60.0 Å². The number of nitriles is 1. The largest absolute Gasteiger partial charge is 0.465 e. The van der Waals surface area contributed by atoms with Crippen LogP contribution in [0.2, 0.25) is 5.02 Å². The second kappa shape index (κ2) is 16.0. The highest BCUT2D eigenvalue weighted by Crippen LogP contribution is 2.33. The van der Waals surface area contributed by atoms with Crippen molar-refractivity contribution in [3.8, 4) is 6.07 Å². The number of carbonyl (C=O) groups is 2. The second-order valence-corrected chi connectivity index (χ2v) is 12.9. The number of rotatable bonds is 13. The number of nitrogens with zero attached hydrogens (tertiary/aromatic N) is 4. The molecule has 1 N–H and O–H groups in total. The first-order valence-corrected chi connectivity index (χ1v) is 16.6. The van der Waals surface area contributed by atoms with E-state index in [1.54, 1.807) is 30.3 Å². The highest BCUT2D eigenvalue weighted by atomic mass is 35.5. The third kappa shape index (κ3) is 8.51. The highest BCUT2D eigenvalue weighted by molar-refractivity contribution is 7.99. The van der Waals surface area contributed by atoms with E-state index in [9.17, 15) is 14.9 Å². The molecule has 5 rings (SSSR count). The van der Waals surface area contributed by atoms with Gasteiger partial charge in [-0.15, -0.1) is 11.8 Å². The van der Waals surface area contributed by atoms with Crippen LogP contribution in [0.15, 0.2) is 70.1 Å². The maximum absolute atomic E-state index is 12.1. The number of methoxy groups -OCH3 is 2. The predicted molar refractivity (Wildman–Crippen MR) is 180 cm³/mol. The molecule has 1 aliphatic heterocycles. The van der Waals surface area contributed by atoms with Gasteiger partial charge in [0.2, 0.25) is 5.89 Å². The van der Waals surface area contributed by atoms with Crippen LogP contribution in [-0.2, 0) is 29.0 Å². The zero-order chi connectivity index (χ0) is 33.3. The first-order valence-electron chi connectivity index (χ1n) is 15.3. The maximum atomic E-state index is 12.1. The van der Waals surface area contributed by atoms with Crippen LogP contribution in [0.5, 0.6) is 0 Å². The molecule has 10 nitrogen and oxygen atoms in total. The number of ether oxygens (including phenoxy) is 2. The van der Waals surface area contributed by atoms with Gasteiger partial charge in [0.05, 0.1) is 42.5 Å². The summed E-state index contributed by atoms with van der Waals surface area (Å²) in [5.41, 5.74) is 3.75. The Balaban J connectivity index is 1.14. The lowest BCUT2D eigenvalue weighted by Gasteiger charge is -2.18. The Morgan fingerprint density at radius 2 is 1.91 bits per heavy atom. The quantitative estimate of drug-likeness (QED) is 0.120. The normalized spacial score (nSPS) is 15.2. The smallest absolute Gasteiger partial charge is 0.339 e. The van der Waals surface area contributed by atoms with Crippen molar-refractivity contribution < 1.29 is 23.6 Å². The van der Waals surface area contributed by atoms with Crippen LogP contribution >= 0.6 is 23.4 Å². The zero-order valence-corrected chi connectivity index (χ0v) is 28.1. The lowest BCUT2D eigenvalue weighted by molar-refractivity contribution is 0.0591. The first kappa shape index (κ1) is 34.0. The van der Waals surface area contributed by atoms with Gasteiger partial charge in [0.25, 0.3) is 0 Å². The van der Waals surface area contributed by atoms with Crippen LogP contribution in [0.25, 0.3) is 0 Å². The van der Waals surface area contributed by atoms with Gasteiger partial charge < -0.3 is 19.3 Å². The van der Waals surface area contributed by atoms with Crippen molar-refractivity contribution in [2.24, 2.45) is 5.92 Å². The molecule has 1 aromatic heterocycles. The van der Waals surface area contributed by atoms with Crippen LogP contribution in [0.1, 0.15) is 68.4 Å². The van der Waals surface area contributed by atoms with E-state index in [-0.39, 0.29) is 11.5 Å². The van der Waals surface area contributed by atoms with Crippen molar-refractivity contribution in [2.45, 2.75) is 43.7 Å². The van der Waals surface area contributed by atoms with E-state index >= 15 is 0 Å². The second-order valence-electron chi connectivity index (χ2n) is 11.4. The average Bonchev–Trinajstić information content (AvgIpc) is 3.75. The van der Waals surface area contributed by atoms with Crippen LogP contribution in [0.4, 0.5) is 5.69 Å². The lowest BCUT2D eigenvalue weighted by atomic mass is 9.97. The van der Waals surface area contributed by atoms with E-state index in [2.05, 4.69) is 57.6 Å². The summed E-state index contributed by atoms with van der Waals surface area (Å²) in [6.45, 7) is 4.96. The molecule has 3 aromatic carbocycles. The summed E-state index contributed by atoms with van der Waals surface area (Å²) in [5, 5.41) is 17.4. The van der Waals surface area contributed by atoms with Gasteiger partial charge in [-0.25, -0.2) is 9.59 Å². The number of carbonyl (C=O) groups excluding carboxylic acids is 2. The van der Waals surface area contributed by atoms with Gasteiger partial charge in [0.1, 0.15) is 6.07 Å². The van der Waals surface area contributed by atoms with E-state index < -0.39 is 11.9 Å². The topological polar surface area (TPSA) is 131 Å². The number of halogens is 1. The number of anilines is 1. The molecule has 1 aliphatic rings. The fraction of sp³-hybridized carbons (Fsp3) is 0.343. The monoisotopic (exact) mass is 673 g/mol. The number of esters is 2. The van der Waals surface area contributed by atoms with Gasteiger partial charge in [-0.2, -0.15) is 10.2 Å². The Morgan fingerprint density at radius 1 is 1.13 bits per heavy atom. The molecule has 2 unspecified atom stereocenters. The first-order chi connectivity index (χ1) is 22.8. The van der Waals surface area contributed by atoms with Crippen molar-refractivity contribution in [3.05, 3.63) is 105 Å². The number of benzene rings is 3. The summed E-state index contributed by atoms with van der Waals surface area (Å²) in [6, 6.07) is 21.0. The number of aromatic nitrogens is 2. The molecule has 0 saturated carbocycles.